The molecule has 1 fully saturated rings. The van der Waals surface area contributed by atoms with E-state index in [1.165, 1.54) is 18.4 Å². The smallest absolute Gasteiger partial charge is 0.0471 e. The number of piperidine rings is 1. The SMILES string of the molecule is Cc1ccc(C(CN)N2CCCC(C)(C)C2)cc1Cl. The van der Waals surface area contributed by atoms with Gasteiger partial charge in [-0.1, -0.05) is 37.6 Å². The van der Waals surface area contributed by atoms with Gasteiger partial charge in [-0.3, -0.25) is 4.90 Å². The molecular formula is C16H25ClN2. The summed E-state index contributed by atoms with van der Waals surface area (Å²) in [5.74, 6) is 0. The molecule has 2 rings (SSSR count). The lowest BCUT2D eigenvalue weighted by Gasteiger charge is -2.42. The van der Waals surface area contributed by atoms with E-state index in [0.29, 0.717) is 12.0 Å². The minimum absolute atomic E-state index is 0.290. The second-order valence-electron chi connectivity index (χ2n) is 6.50. The lowest BCUT2D eigenvalue weighted by atomic mass is 9.83. The quantitative estimate of drug-likeness (QED) is 0.913. The summed E-state index contributed by atoms with van der Waals surface area (Å²) in [6.07, 6.45) is 2.55. The summed E-state index contributed by atoms with van der Waals surface area (Å²) in [4.78, 5) is 2.52. The van der Waals surface area contributed by atoms with E-state index in [2.05, 4.69) is 36.9 Å². The van der Waals surface area contributed by atoms with Gasteiger partial charge in [0.15, 0.2) is 0 Å². The third kappa shape index (κ3) is 3.50. The van der Waals surface area contributed by atoms with Crippen LogP contribution in [0.4, 0.5) is 0 Å². The van der Waals surface area contributed by atoms with Crippen molar-refractivity contribution in [2.24, 2.45) is 11.1 Å². The highest BCUT2D eigenvalue weighted by atomic mass is 35.5. The van der Waals surface area contributed by atoms with Crippen LogP contribution in [0.5, 0.6) is 0 Å². The van der Waals surface area contributed by atoms with Crippen LogP contribution in [-0.4, -0.2) is 24.5 Å². The van der Waals surface area contributed by atoms with Gasteiger partial charge in [0.2, 0.25) is 0 Å². The Morgan fingerprint density at radius 3 is 2.74 bits per heavy atom. The molecule has 0 bridgehead atoms. The Labute approximate surface area is 121 Å². The first-order valence-corrected chi connectivity index (χ1v) is 7.51. The van der Waals surface area contributed by atoms with Crippen molar-refractivity contribution in [1.82, 2.24) is 4.90 Å². The maximum absolute atomic E-state index is 6.25. The van der Waals surface area contributed by atoms with E-state index < -0.39 is 0 Å². The van der Waals surface area contributed by atoms with Crippen molar-refractivity contribution in [2.75, 3.05) is 19.6 Å². The van der Waals surface area contributed by atoms with Crippen molar-refractivity contribution in [1.29, 1.82) is 0 Å². The standard InChI is InChI=1S/C16H25ClN2/c1-12-5-6-13(9-14(12)17)15(10-18)19-8-4-7-16(2,3)11-19/h5-6,9,15H,4,7-8,10-11,18H2,1-3H3. The average molecular weight is 281 g/mol. The summed E-state index contributed by atoms with van der Waals surface area (Å²) in [7, 11) is 0. The number of halogens is 1. The number of hydrogen-bond donors (Lipinski definition) is 1. The number of benzene rings is 1. The normalized spacial score (nSPS) is 21.3. The molecule has 106 valence electrons. The summed E-state index contributed by atoms with van der Waals surface area (Å²) in [5.41, 5.74) is 8.79. The van der Waals surface area contributed by atoms with Crippen LogP contribution in [0.3, 0.4) is 0 Å². The first-order chi connectivity index (χ1) is 8.93. The third-order valence-corrected chi connectivity index (χ3v) is 4.58. The Hall–Kier alpha value is -0.570. The number of hydrogen-bond acceptors (Lipinski definition) is 2. The highest BCUT2D eigenvalue weighted by Gasteiger charge is 2.30. The summed E-state index contributed by atoms with van der Waals surface area (Å²) in [6.45, 7) is 9.61. The minimum Gasteiger partial charge on any atom is -0.329 e. The van der Waals surface area contributed by atoms with Crippen LogP contribution in [0, 0.1) is 12.3 Å². The molecule has 1 unspecified atom stereocenters. The first-order valence-electron chi connectivity index (χ1n) is 7.13. The van der Waals surface area contributed by atoms with Crippen LogP contribution in [0.15, 0.2) is 18.2 Å². The number of rotatable bonds is 3. The molecule has 2 N–H and O–H groups in total. The van der Waals surface area contributed by atoms with Crippen LogP contribution >= 0.6 is 11.6 Å². The van der Waals surface area contributed by atoms with E-state index in [-0.39, 0.29) is 6.04 Å². The molecule has 0 amide bonds. The summed E-state index contributed by atoms with van der Waals surface area (Å²) in [5, 5.41) is 0.840. The molecule has 0 saturated carbocycles. The van der Waals surface area contributed by atoms with E-state index in [9.17, 15) is 0 Å². The van der Waals surface area contributed by atoms with Crippen molar-refractivity contribution in [3.8, 4) is 0 Å². The van der Waals surface area contributed by atoms with Crippen molar-refractivity contribution in [3.63, 3.8) is 0 Å². The number of nitrogens with two attached hydrogens (primary N) is 1. The van der Waals surface area contributed by atoms with Gasteiger partial charge in [-0.05, 0) is 48.9 Å². The minimum atomic E-state index is 0.290. The van der Waals surface area contributed by atoms with E-state index in [4.69, 9.17) is 17.3 Å². The predicted molar refractivity (Wildman–Crippen MR) is 82.6 cm³/mol. The van der Waals surface area contributed by atoms with Crippen LogP contribution < -0.4 is 5.73 Å². The summed E-state index contributed by atoms with van der Waals surface area (Å²) < 4.78 is 0. The maximum atomic E-state index is 6.25. The molecule has 1 heterocycles. The Bertz CT molecular complexity index is 442. The number of aryl methyl sites for hydroxylation is 1. The second-order valence-corrected chi connectivity index (χ2v) is 6.91. The van der Waals surface area contributed by atoms with Crippen molar-refractivity contribution >= 4 is 11.6 Å². The predicted octanol–water partition coefficient (Wildman–Crippen LogP) is 3.77. The van der Waals surface area contributed by atoms with Gasteiger partial charge in [0, 0.05) is 24.2 Å². The maximum Gasteiger partial charge on any atom is 0.0471 e. The van der Waals surface area contributed by atoms with Crippen LogP contribution in [0.25, 0.3) is 0 Å². The molecule has 1 aliphatic heterocycles. The monoisotopic (exact) mass is 280 g/mol. The molecule has 1 atom stereocenters. The first kappa shape index (κ1) is 14.8. The molecule has 1 aliphatic rings. The molecule has 19 heavy (non-hydrogen) atoms. The summed E-state index contributed by atoms with van der Waals surface area (Å²) in [6, 6.07) is 6.63. The van der Waals surface area contributed by atoms with E-state index >= 15 is 0 Å². The number of likely N-dealkylation sites (tertiary alicyclic amines) is 1. The zero-order valence-corrected chi connectivity index (χ0v) is 13.0. The third-order valence-electron chi connectivity index (χ3n) is 4.17. The highest BCUT2D eigenvalue weighted by molar-refractivity contribution is 6.31. The van der Waals surface area contributed by atoms with Crippen molar-refractivity contribution < 1.29 is 0 Å². The van der Waals surface area contributed by atoms with Gasteiger partial charge in [0.25, 0.3) is 0 Å². The largest absolute Gasteiger partial charge is 0.329 e. The molecule has 1 aromatic carbocycles. The average Bonchev–Trinajstić information content (AvgIpc) is 2.33. The van der Waals surface area contributed by atoms with Gasteiger partial charge in [-0.2, -0.15) is 0 Å². The molecule has 0 radical (unpaired) electrons. The lowest BCUT2D eigenvalue weighted by Crippen LogP contribution is -2.44. The molecule has 1 saturated heterocycles. The van der Waals surface area contributed by atoms with Gasteiger partial charge in [0.1, 0.15) is 0 Å². The van der Waals surface area contributed by atoms with E-state index in [1.807, 2.05) is 6.92 Å². The summed E-state index contributed by atoms with van der Waals surface area (Å²) >= 11 is 6.25. The number of nitrogens with zero attached hydrogens (tertiary/aromatic N) is 1. The van der Waals surface area contributed by atoms with E-state index in [1.54, 1.807) is 0 Å². The molecule has 3 heteroatoms. The Morgan fingerprint density at radius 1 is 1.42 bits per heavy atom. The van der Waals surface area contributed by atoms with Crippen molar-refractivity contribution in [2.45, 2.75) is 39.7 Å². The highest BCUT2D eigenvalue weighted by Crippen LogP contribution is 2.34. The fourth-order valence-electron chi connectivity index (χ4n) is 3.05. The van der Waals surface area contributed by atoms with Gasteiger partial charge in [0.05, 0.1) is 0 Å². The Balaban J connectivity index is 2.21. The molecule has 0 spiro atoms. The molecule has 1 aromatic rings. The molecular weight excluding hydrogens is 256 g/mol. The molecule has 0 aromatic heterocycles. The fourth-order valence-corrected chi connectivity index (χ4v) is 3.24. The van der Waals surface area contributed by atoms with Crippen molar-refractivity contribution in [3.05, 3.63) is 34.3 Å². The zero-order chi connectivity index (χ0) is 14.0. The topological polar surface area (TPSA) is 29.3 Å². The van der Waals surface area contributed by atoms with Gasteiger partial charge >= 0.3 is 0 Å². The van der Waals surface area contributed by atoms with Gasteiger partial charge in [-0.15, -0.1) is 0 Å². The van der Waals surface area contributed by atoms with E-state index in [0.717, 1.165) is 23.7 Å². The van der Waals surface area contributed by atoms with Crippen LogP contribution in [0.2, 0.25) is 5.02 Å². The zero-order valence-electron chi connectivity index (χ0n) is 12.2. The van der Waals surface area contributed by atoms with Crippen LogP contribution in [-0.2, 0) is 0 Å². The lowest BCUT2D eigenvalue weighted by molar-refractivity contribution is 0.0807. The van der Waals surface area contributed by atoms with Gasteiger partial charge in [-0.25, -0.2) is 0 Å². The fraction of sp³-hybridized carbons (Fsp3) is 0.625. The Morgan fingerprint density at radius 2 is 2.16 bits per heavy atom. The molecule has 2 nitrogen and oxygen atoms in total. The van der Waals surface area contributed by atoms with Crippen LogP contribution in [0.1, 0.15) is 43.9 Å². The van der Waals surface area contributed by atoms with Gasteiger partial charge < -0.3 is 5.73 Å². The molecule has 0 aliphatic carbocycles. The Kier molecular flexibility index (Phi) is 4.54. The second kappa shape index (κ2) is 5.82.